The average Bonchev–Trinajstić information content (AvgIpc) is 3.43. The van der Waals surface area contributed by atoms with Crippen molar-refractivity contribution in [2.75, 3.05) is 27.2 Å². The van der Waals surface area contributed by atoms with Crippen LogP contribution in [0.15, 0.2) is 11.1 Å². The molecular weight excluding hydrogens is 717 g/mol. The van der Waals surface area contributed by atoms with Crippen LogP contribution in [-0.4, -0.2) is 89.1 Å². The van der Waals surface area contributed by atoms with Gasteiger partial charge in [-0.25, -0.2) is 0 Å². The molecule has 6 aliphatic rings. The second-order valence-electron chi connectivity index (χ2n) is 22.5. The topological polar surface area (TPSA) is 124 Å². The highest BCUT2D eigenvalue weighted by Crippen LogP contribution is 2.77. The van der Waals surface area contributed by atoms with Gasteiger partial charge in [0.2, 0.25) is 5.91 Å². The highest BCUT2D eigenvalue weighted by atomic mass is 16.5. The SMILES string of the molecule is CC(C)C1=C2[C@H]3CC[C@@H]4[C@@]5(C)CC[C@H](OC(=O)CC(C)(C)C(=O)O)C(C)(C)[C@@H]5CC[C@@]4(C)[C@]3(C)CC[C@@]2([C@@H](O)CC(=O)N(CCN(C)C)C2CCCCC2)CC1=O. The van der Waals surface area contributed by atoms with E-state index in [0.717, 1.165) is 89.2 Å². The Bertz CT molecular complexity index is 1610. The van der Waals surface area contributed by atoms with E-state index in [1.54, 1.807) is 13.8 Å². The number of hydrogen-bond acceptors (Lipinski definition) is 7. The molecule has 0 unspecified atom stereocenters. The molecule has 57 heavy (non-hydrogen) atoms. The van der Waals surface area contributed by atoms with Crippen molar-refractivity contribution >= 4 is 23.6 Å². The minimum atomic E-state index is -1.18. The van der Waals surface area contributed by atoms with E-state index in [1.165, 1.54) is 12.0 Å². The fourth-order valence-corrected chi connectivity index (χ4v) is 14.6. The Morgan fingerprint density at radius 1 is 0.842 bits per heavy atom. The molecule has 5 fully saturated rings. The lowest BCUT2D eigenvalue weighted by Crippen LogP contribution is -2.66. The third-order valence-electron chi connectivity index (χ3n) is 18.0. The molecule has 0 aromatic heterocycles. The second kappa shape index (κ2) is 15.6. The summed E-state index contributed by atoms with van der Waals surface area (Å²) < 4.78 is 6.19. The summed E-state index contributed by atoms with van der Waals surface area (Å²) in [5.74, 6) is -0.185. The number of fused-ring (bicyclic) bond motifs is 7. The van der Waals surface area contributed by atoms with Crippen LogP contribution in [0.1, 0.15) is 165 Å². The predicted octanol–water partition coefficient (Wildman–Crippen LogP) is 8.85. The van der Waals surface area contributed by atoms with Crippen LogP contribution in [0.2, 0.25) is 0 Å². The van der Waals surface area contributed by atoms with Crippen molar-refractivity contribution in [3.63, 3.8) is 0 Å². The maximum atomic E-state index is 14.4. The molecule has 0 heterocycles. The van der Waals surface area contributed by atoms with Crippen molar-refractivity contribution in [2.24, 2.45) is 56.2 Å². The predicted molar refractivity (Wildman–Crippen MR) is 223 cm³/mol. The molecule has 6 rings (SSSR count). The lowest BCUT2D eigenvalue weighted by atomic mass is 9.33. The first-order valence-electron chi connectivity index (χ1n) is 22.8. The highest BCUT2D eigenvalue weighted by Gasteiger charge is 2.71. The summed E-state index contributed by atoms with van der Waals surface area (Å²) in [6.45, 7) is 21.0. The average molecular weight is 795 g/mol. The Hall–Kier alpha value is -2.26. The monoisotopic (exact) mass is 795 g/mol. The number of hydrogen-bond donors (Lipinski definition) is 2. The summed E-state index contributed by atoms with van der Waals surface area (Å²) >= 11 is 0. The number of ether oxygens (including phenoxy) is 1. The number of aliphatic carboxylic acids is 1. The maximum Gasteiger partial charge on any atom is 0.309 e. The normalized spacial score (nSPS) is 37.3. The van der Waals surface area contributed by atoms with Crippen molar-refractivity contribution < 1.29 is 34.1 Å². The van der Waals surface area contributed by atoms with Crippen LogP contribution in [0.3, 0.4) is 0 Å². The number of carboxylic acid groups (broad SMARTS) is 1. The number of Topliss-reactive ketones (excluding diaryl/α,β-unsaturated/α-hetero) is 1. The van der Waals surface area contributed by atoms with Crippen molar-refractivity contribution in [3.05, 3.63) is 11.1 Å². The van der Waals surface area contributed by atoms with Gasteiger partial charge < -0.3 is 24.7 Å². The highest BCUT2D eigenvalue weighted by molar-refractivity contribution is 6.01. The van der Waals surface area contributed by atoms with E-state index >= 15 is 0 Å². The van der Waals surface area contributed by atoms with Crippen molar-refractivity contribution in [2.45, 2.75) is 183 Å². The molecule has 0 aromatic rings. The van der Waals surface area contributed by atoms with Gasteiger partial charge in [0.1, 0.15) is 6.10 Å². The van der Waals surface area contributed by atoms with Gasteiger partial charge in [0.05, 0.1) is 24.4 Å². The van der Waals surface area contributed by atoms with Gasteiger partial charge in [-0.05, 0) is 138 Å². The Kier molecular flexibility index (Phi) is 12.2. The number of nitrogens with zero attached hydrogens (tertiary/aromatic N) is 2. The fraction of sp³-hybridized carbons (Fsp3) is 0.875. The number of likely N-dealkylation sites (N-methyl/N-ethyl adjacent to an activating group) is 1. The van der Waals surface area contributed by atoms with E-state index in [0.29, 0.717) is 24.8 Å². The lowest BCUT2D eigenvalue weighted by molar-refractivity contribution is -0.235. The van der Waals surface area contributed by atoms with E-state index in [4.69, 9.17) is 4.74 Å². The lowest BCUT2D eigenvalue weighted by Gasteiger charge is -2.72. The van der Waals surface area contributed by atoms with Crippen LogP contribution < -0.4 is 0 Å². The quantitative estimate of drug-likeness (QED) is 0.188. The molecule has 0 bridgehead atoms. The van der Waals surface area contributed by atoms with Crippen LogP contribution in [0.5, 0.6) is 0 Å². The number of carboxylic acids is 1. The standard InChI is InChI=1S/C48H78N2O7/c1-30(2)40-33(51)28-48(36(52)27-38(53)50(26-25-49(10)11)31-15-13-12-14-16-31)24-23-46(8)32(41(40)48)17-18-35-45(7)21-20-37(57-39(54)29-43(3,4)42(55)56)44(5,6)34(45)19-22-47(35,46)9/h30-32,34-37,52H,12-29H2,1-11H3,(H,55,56)/t32-,34+,35-,36+,37+,45+,46-,47-,48+/m1/s1. The van der Waals surface area contributed by atoms with Gasteiger partial charge in [0.25, 0.3) is 0 Å². The molecule has 0 spiro atoms. The van der Waals surface area contributed by atoms with E-state index < -0.39 is 28.9 Å². The molecule has 322 valence electrons. The molecule has 6 aliphatic carbocycles. The summed E-state index contributed by atoms with van der Waals surface area (Å²) in [6.07, 6.45) is 12.1. The van der Waals surface area contributed by atoms with E-state index in [-0.39, 0.29) is 70.2 Å². The number of amides is 1. The molecule has 0 aromatic carbocycles. The van der Waals surface area contributed by atoms with Crippen molar-refractivity contribution in [1.29, 1.82) is 0 Å². The summed E-state index contributed by atoms with van der Waals surface area (Å²) in [7, 11) is 4.09. The number of aliphatic hydroxyl groups excluding tert-OH is 1. The number of allylic oxidation sites excluding steroid dienone is 1. The Labute approximate surface area is 344 Å². The Balaban J connectivity index is 1.27. The van der Waals surface area contributed by atoms with E-state index in [9.17, 15) is 29.4 Å². The summed E-state index contributed by atoms with van der Waals surface area (Å²) in [5.41, 5.74) is -0.0336. The van der Waals surface area contributed by atoms with Gasteiger partial charge in [-0.2, -0.15) is 0 Å². The smallest absolute Gasteiger partial charge is 0.309 e. The minimum absolute atomic E-state index is 0.00386. The zero-order valence-corrected chi connectivity index (χ0v) is 37.6. The van der Waals surface area contributed by atoms with Crippen LogP contribution in [0.4, 0.5) is 0 Å². The number of carbonyl (C=O) groups is 4. The molecule has 0 saturated heterocycles. The van der Waals surface area contributed by atoms with Crippen molar-refractivity contribution in [1.82, 2.24) is 9.80 Å². The summed E-state index contributed by atoms with van der Waals surface area (Å²) in [5, 5.41) is 22.2. The van der Waals surface area contributed by atoms with Gasteiger partial charge in [-0.3, -0.25) is 19.2 Å². The number of aliphatic hydroxyl groups is 1. The van der Waals surface area contributed by atoms with Crippen LogP contribution in [-0.2, 0) is 23.9 Å². The van der Waals surface area contributed by atoms with Crippen LogP contribution >= 0.6 is 0 Å². The molecule has 9 nitrogen and oxygen atoms in total. The molecule has 5 saturated carbocycles. The van der Waals surface area contributed by atoms with Gasteiger partial charge in [0.15, 0.2) is 5.78 Å². The molecule has 0 aliphatic heterocycles. The van der Waals surface area contributed by atoms with Crippen LogP contribution in [0.25, 0.3) is 0 Å². The number of esters is 1. The fourth-order valence-electron chi connectivity index (χ4n) is 14.6. The number of carbonyl (C=O) groups excluding carboxylic acids is 3. The van der Waals surface area contributed by atoms with Gasteiger partial charge >= 0.3 is 11.9 Å². The minimum Gasteiger partial charge on any atom is -0.481 e. The van der Waals surface area contributed by atoms with Gasteiger partial charge in [0, 0.05) is 36.4 Å². The Morgan fingerprint density at radius 3 is 2.12 bits per heavy atom. The number of rotatable bonds is 12. The largest absolute Gasteiger partial charge is 0.481 e. The molecule has 9 atom stereocenters. The molecule has 9 heteroatoms. The summed E-state index contributed by atoms with van der Waals surface area (Å²) in [6, 6.07) is 0.222. The first kappa shape index (κ1) is 44.3. The molecule has 2 N–H and O–H groups in total. The molecule has 1 amide bonds. The maximum absolute atomic E-state index is 14.4. The van der Waals surface area contributed by atoms with Gasteiger partial charge in [-0.1, -0.05) is 73.3 Å². The van der Waals surface area contributed by atoms with Crippen molar-refractivity contribution in [3.8, 4) is 0 Å². The van der Waals surface area contributed by atoms with E-state index in [1.807, 2.05) is 14.1 Å². The van der Waals surface area contributed by atoms with Crippen LogP contribution in [0, 0.1) is 56.2 Å². The number of ketones is 1. The van der Waals surface area contributed by atoms with Gasteiger partial charge in [-0.15, -0.1) is 0 Å². The second-order valence-corrected chi connectivity index (χ2v) is 22.5. The van der Waals surface area contributed by atoms with E-state index in [2.05, 4.69) is 58.3 Å². The molecule has 0 radical (unpaired) electrons. The summed E-state index contributed by atoms with van der Waals surface area (Å²) in [4.78, 5) is 57.8. The Morgan fingerprint density at radius 2 is 1.51 bits per heavy atom. The third-order valence-corrected chi connectivity index (χ3v) is 18.0. The first-order chi connectivity index (χ1) is 26.5. The zero-order chi connectivity index (χ0) is 42.1. The zero-order valence-electron chi connectivity index (χ0n) is 37.6. The molecular formula is C48H78N2O7. The first-order valence-corrected chi connectivity index (χ1v) is 22.8. The third kappa shape index (κ3) is 7.37.